The van der Waals surface area contributed by atoms with Crippen molar-refractivity contribution >= 4 is 84.6 Å². The monoisotopic (exact) mass is 494 g/mol. The highest BCUT2D eigenvalue weighted by Gasteiger charge is 2.10. The number of fused-ring (bicyclic) bond motifs is 8. The third-order valence-electron chi connectivity index (χ3n) is 7.51. The Balaban J connectivity index is 1.30. The molecule has 0 aliphatic heterocycles. The van der Waals surface area contributed by atoms with Gasteiger partial charge in [-0.1, -0.05) is 48.5 Å². The van der Waals surface area contributed by atoms with Crippen molar-refractivity contribution in [2.45, 2.75) is 13.8 Å². The molecule has 8 aromatic rings. The molecule has 0 aliphatic carbocycles. The lowest BCUT2D eigenvalue weighted by Crippen LogP contribution is -1.81. The van der Waals surface area contributed by atoms with Crippen LogP contribution in [-0.4, -0.2) is 0 Å². The van der Waals surface area contributed by atoms with Crippen molar-refractivity contribution in [3.63, 3.8) is 0 Å². The van der Waals surface area contributed by atoms with Crippen LogP contribution < -0.4 is 0 Å². The Morgan fingerprint density at radius 2 is 0.806 bits per heavy atom. The van der Waals surface area contributed by atoms with E-state index < -0.39 is 0 Å². The third-order valence-corrected chi connectivity index (χ3v) is 9.74. The normalized spacial score (nSPS) is 12.2. The number of benzene rings is 6. The summed E-state index contributed by atoms with van der Waals surface area (Å²) in [4.78, 5) is 0. The van der Waals surface area contributed by atoms with E-state index in [1.165, 1.54) is 84.1 Å². The molecule has 0 unspecified atom stereocenters. The van der Waals surface area contributed by atoms with Crippen LogP contribution in [0.15, 0.2) is 97.1 Å². The van der Waals surface area contributed by atoms with Gasteiger partial charge < -0.3 is 0 Å². The first kappa shape index (κ1) is 20.5. The zero-order chi connectivity index (χ0) is 24.0. The van der Waals surface area contributed by atoms with E-state index in [4.69, 9.17) is 0 Å². The molecule has 0 saturated heterocycles. The smallest absolute Gasteiger partial charge is 0.0361 e. The van der Waals surface area contributed by atoms with Gasteiger partial charge in [-0.15, -0.1) is 22.7 Å². The number of thiophene rings is 2. The zero-order valence-corrected chi connectivity index (χ0v) is 21.7. The fraction of sp³-hybridized carbons (Fsp3) is 0.0588. The molecule has 0 bridgehead atoms. The van der Waals surface area contributed by atoms with Gasteiger partial charge in [-0.05, 0) is 106 Å². The van der Waals surface area contributed by atoms with E-state index in [1.807, 2.05) is 22.7 Å². The molecule has 2 heteroatoms. The van der Waals surface area contributed by atoms with E-state index in [1.54, 1.807) is 0 Å². The van der Waals surface area contributed by atoms with Gasteiger partial charge in [0, 0.05) is 40.3 Å². The van der Waals surface area contributed by atoms with Crippen LogP contribution in [0.2, 0.25) is 0 Å². The molecule has 0 spiro atoms. The first-order valence-electron chi connectivity index (χ1n) is 12.3. The van der Waals surface area contributed by atoms with Crippen molar-refractivity contribution in [3.05, 3.63) is 108 Å². The van der Waals surface area contributed by atoms with Gasteiger partial charge in [0.1, 0.15) is 0 Å². The number of rotatable bonds is 1. The number of hydrogen-bond donors (Lipinski definition) is 0. The number of hydrogen-bond acceptors (Lipinski definition) is 2. The van der Waals surface area contributed by atoms with Gasteiger partial charge in [-0.3, -0.25) is 0 Å². The van der Waals surface area contributed by atoms with Crippen molar-refractivity contribution in [2.24, 2.45) is 0 Å². The average molecular weight is 495 g/mol. The molecule has 0 amide bonds. The Bertz CT molecular complexity index is 2010. The highest BCUT2D eigenvalue weighted by Crippen LogP contribution is 2.40. The SMILES string of the molecule is Cc1ccc2c(c1)sc1cc3ccc(-c4ccc5cc6sc7cc(C)ccc7c6cc5c4)cc3cc12. The van der Waals surface area contributed by atoms with Crippen LogP contribution in [-0.2, 0) is 0 Å². The van der Waals surface area contributed by atoms with Crippen molar-refractivity contribution in [1.82, 2.24) is 0 Å². The Kier molecular flexibility index (Phi) is 4.20. The van der Waals surface area contributed by atoms with Crippen LogP contribution in [0.25, 0.3) is 73.0 Å². The van der Waals surface area contributed by atoms with E-state index >= 15 is 0 Å². The van der Waals surface area contributed by atoms with Gasteiger partial charge in [0.15, 0.2) is 0 Å². The van der Waals surface area contributed by atoms with Crippen molar-refractivity contribution < 1.29 is 0 Å². The van der Waals surface area contributed by atoms with Gasteiger partial charge >= 0.3 is 0 Å². The molecule has 2 heterocycles. The maximum atomic E-state index is 2.38. The molecule has 170 valence electrons. The van der Waals surface area contributed by atoms with E-state index in [2.05, 4.69) is 111 Å². The molecular weight excluding hydrogens is 473 g/mol. The summed E-state index contributed by atoms with van der Waals surface area (Å²) in [6.45, 7) is 4.34. The Morgan fingerprint density at radius 3 is 1.28 bits per heavy atom. The molecule has 0 atom stereocenters. The van der Waals surface area contributed by atoms with Gasteiger partial charge in [0.2, 0.25) is 0 Å². The van der Waals surface area contributed by atoms with Gasteiger partial charge in [-0.2, -0.15) is 0 Å². The highest BCUT2D eigenvalue weighted by atomic mass is 32.1. The highest BCUT2D eigenvalue weighted by molar-refractivity contribution is 7.26. The lowest BCUT2D eigenvalue weighted by Gasteiger charge is -2.07. The van der Waals surface area contributed by atoms with E-state index in [9.17, 15) is 0 Å². The minimum Gasteiger partial charge on any atom is -0.135 e. The minimum absolute atomic E-state index is 1.27. The standard InChI is InChI=1S/C34H22S2/c1-19-3-9-27-29-15-25-13-21(5-7-23(25)17-33(29)35-31(27)11-19)22-6-8-24-18-34-30(16-26(24)14-22)28-10-4-20(2)12-32(28)36-34/h3-18H,1-2H3. The predicted molar refractivity (Wildman–Crippen MR) is 162 cm³/mol. The molecule has 0 radical (unpaired) electrons. The maximum absolute atomic E-state index is 2.38. The molecule has 0 aliphatic rings. The summed E-state index contributed by atoms with van der Waals surface area (Å²) in [5.74, 6) is 0. The van der Waals surface area contributed by atoms with Crippen molar-refractivity contribution in [1.29, 1.82) is 0 Å². The van der Waals surface area contributed by atoms with Crippen LogP contribution in [0, 0.1) is 13.8 Å². The molecule has 36 heavy (non-hydrogen) atoms. The number of aryl methyl sites for hydroxylation is 2. The van der Waals surface area contributed by atoms with Crippen LogP contribution in [0.3, 0.4) is 0 Å². The van der Waals surface area contributed by atoms with Gasteiger partial charge in [0.25, 0.3) is 0 Å². The summed E-state index contributed by atoms with van der Waals surface area (Å²) in [5, 5.41) is 10.7. The van der Waals surface area contributed by atoms with Gasteiger partial charge in [0.05, 0.1) is 0 Å². The first-order valence-corrected chi connectivity index (χ1v) is 14.0. The molecule has 8 rings (SSSR count). The minimum atomic E-state index is 1.27. The van der Waals surface area contributed by atoms with Crippen molar-refractivity contribution in [3.8, 4) is 11.1 Å². The Hall–Kier alpha value is -3.72. The fourth-order valence-electron chi connectivity index (χ4n) is 5.61. The Morgan fingerprint density at radius 1 is 0.361 bits per heavy atom. The Labute approximate surface area is 217 Å². The predicted octanol–water partition coefficient (Wildman–Crippen LogP) is 11.0. The first-order chi connectivity index (χ1) is 17.6. The van der Waals surface area contributed by atoms with Crippen molar-refractivity contribution in [2.75, 3.05) is 0 Å². The largest absolute Gasteiger partial charge is 0.135 e. The fourth-order valence-corrected chi connectivity index (χ4v) is 8.08. The molecular formula is C34H22S2. The lowest BCUT2D eigenvalue weighted by molar-refractivity contribution is 1.52. The van der Waals surface area contributed by atoms with Crippen LogP contribution in [0.1, 0.15) is 11.1 Å². The summed E-state index contributed by atoms with van der Waals surface area (Å²) >= 11 is 3.79. The van der Waals surface area contributed by atoms with E-state index in [0.29, 0.717) is 0 Å². The molecule has 6 aromatic carbocycles. The summed E-state index contributed by atoms with van der Waals surface area (Å²) in [7, 11) is 0. The second-order valence-corrected chi connectivity index (χ2v) is 12.2. The van der Waals surface area contributed by atoms with E-state index in [0.717, 1.165) is 0 Å². The topological polar surface area (TPSA) is 0 Å². The van der Waals surface area contributed by atoms with E-state index in [-0.39, 0.29) is 0 Å². The molecule has 0 saturated carbocycles. The summed E-state index contributed by atoms with van der Waals surface area (Å²) < 4.78 is 5.47. The van der Waals surface area contributed by atoms with Crippen LogP contribution >= 0.6 is 22.7 Å². The third kappa shape index (κ3) is 3.05. The summed E-state index contributed by atoms with van der Waals surface area (Å²) in [6, 6.07) is 36.9. The average Bonchev–Trinajstić information content (AvgIpc) is 3.40. The molecule has 0 fully saturated rings. The zero-order valence-electron chi connectivity index (χ0n) is 20.1. The van der Waals surface area contributed by atoms with Gasteiger partial charge in [-0.25, -0.2) is 0 Å². The molecule has 0 nitrogen and oxygen atoms in total. The second-order valence-electron chi connectivity index (χ2n) is 10.0. The summed E-state index contributed by atoms with van der Waals surface area (Å²) in [6.07, 6.45) is 0. The second kappa shape index (κ2) is 7.39. The summed E-state index contributed by atoms with van der Waals surface area (Å²) in [5.41, 5.74) is 5.18. The molecule has 2 aromatic heterocycles. The maximum Gasteiger partial charge on any atom is 0.0361 e. The lowest BCUT2D eigenvalue weighted by atomic mass is 9.97. The molecule has 0 N–H and O–H groups in total. The van der Waals surface area contributed by atoms with Crippen LogP contribution in [0.4, 0.5) is 0 Å². The quantitative estimate of drug-likeness (QED) is 0.213. The van der Waals surface area contributed by atoms with Crippen LogP contribution in [0.5, 0.6) is 0 Å².